The second-order valence-corrected chi connectivity index (χ2v) is 4.64. The Labute approximate surface area is 125 Å². The zero-order valence-corrected chi connectivity index (χ0v) is 12.4. The number of carbonyl (C=O) groups excluding carboxylic acids is 1. The molecule has 0 aliphatic heterocycles. The quantitative estimate of drug-likeness (QED) is 0.819. The van der Waals surface area contributed by atoms with Crippen molar-refractivity contribution in [2.45, 2.75) is 26.3 Å². The van der Waals surface area contributed by atoms with E-state index >= 15 is 0 Å². The molecule has 0 amide bonds. The highest BCUT2D eigenvalue weighted by Gasteiger charge is 2.16. The lowest BCUT2D eigenvalue weighted by molar-refractivity contribution is 0.0527. The van der Waals surface area contributed by atoms with E-state index < -0.39 is 0 Å². The molecule has 1 heterocycles. The van der Waals surface area contributed by atoms with Crippen molar-refractivity contribution < 1.29 is 9.53 Å². The summed E-state index contributed by atoms with van der Waals surface area (Å²) < 4.78 is 5.07. The zero-order chi connectivity index (χ0) is 15.1. The molecule has 2 aromatic rings. The fourth-order valence-corrected chi connectivity index (χ4v) is 2.17. The zero-order valence-electron chi connectivity index (χ0n) is 12.4. The van der Waals surface area contributed by atoms with Crippen LogP contribution in [-0.2, 0) is 4.74 Å². The molecule has 1 aromatic heterocycles. The topological polar surface area (TPSA) is 51.2 Å². The first-order chi connectivity index (χ1) is 10.3. The number of esters is 1. The Kier molecular flexibility index (Phi) is 5.32. The monoisotopic (exact) mass is 284 g/mol. The van der Waals surface area contributed by atoms with Crippen molar-refractivity contribution >= 4 is 11.8 Å². The Balaban J connectivity index is 2.24. The molecule has 0 spiro atoms. The third kappa shape index (κ3) is 3.81. The Morgan fingerprint density at radius 3 is 2.62 bits per heavy atom. The summed E-state index contributed by atoms with van der Waals surface area (Å²) in [6.45, 7) is 4.24. The normalized spacial score (nSPS) is 11.7. The van der Waals surface area contributed by atoms with Crippen molar-refractivity contribution in [1.82, 2.24) is 4.98 Å². The number of carbonyl (C=O) groups is 1. The minimum absolute atomic E-state index is 0.106. The highest BCUT2D eigenvalue weighted by molar-refractivity contribution is 5.94. The summed E-state index contributed by atoms with van der Waals surface area (Å²) in [6, 6.07) is 13.7. The van der Waals surface area contributed by atoms with E-state index in [0.29, 0.717) is 18.0 Å². The van der Waals surface area contributed by atoms with Gasteiger partial charge in [0.25, 0.3) is 0 Å². The minimum Gasteiger partial charge on any atom is -0.462 e. The van der Waals surface area contributed by atoms with E-state index in [9.17, 15) is 4.79 Å². The third-order valence-corrected chi connectivity index (χ3v) is 3.22. The second kappa shape index (κ2) is 7.43. The molecule has 110 valence electrons. The maximum absolute atomic E-state index is 12.0. The Morgan fingerprint density at radius 2 is 1.95 bits per heavy atom. The van der Waals surface area contributed by atoms with Crippen molar-refractivity contribution in [3.05, 3.63) is 59.8 Å². The van der Waals surface area contributed by atoms with Crippen LogP contribution in [0.2, 0.25) is 0 Å². The van der Waals surface area contributed by atoms with E-state index in [2.05, 4.69) is 29.4 Å². The smallest absolute Gasteiger partial charge is 0.341 e. The Morgan fingerprint density at radius 1 is 1.19 bits per heavy atom. The van der Waals surface area contributed by atoms with Gasteiger partial charge in [-0.1, -0.05) is 37.3 Å². The maximum atomic E-state index is 12.0. The van der Waals surface area contributed by atoms with Crippen LogP contribution in [-0.4, -0.2) is 17.6 Å². The molecule has 0 radical (unpaired) electrons. The van der Waals surface area contributed by atoms with Crippen molar-refractivity contribution in [3.8, 4) is 0 Å². The van der Waals surface area contributed by atoms with Crippen molar-refractivity contribution in [3.63, 3.8) is 0 Å². The molecule has 0 saturated carbocycles. The molecule has 0 bridgehead atoms. The predicted octanol–water partition coefficient (Wildman–Crippen LogP) is 3.82. The summed E-state index contributed by atoms with van der Waals surface area (Å²) in [7, 11) is 0. The number of aromatic nitrogens is 1. The molecule has 1 N–H and O–H groups in total. The van der Waals surface area contributed by atoms with Crippen molar-refractivity contribution in [2.75, 3.05) is 11.9 Å². The van der Waals surface area contributed by atoms with E-state index in [1.54, 1.807) is 25.3 Å². The standard InChI is InChI=1S/C17H20N2O2/c1-3-15(13-9-6-5-7-10-13)19-16-14(11-8-12-18-16)17(20)21-4-2/h5-12,15H,3-4H2,1-2H3,(H,18,19). The number of hydrogen-bond donors (Lipinski definition) is 1. The van der Waals surface area contributed by atoms with Gasteiger partial charge in [0.15, 0.2) is 0 Å². The van der Waals surface area contributed by atoms with Gasteiger partial charge in [-0.05, 0) is 31.0 Å². The number of ether oxygens (including phenoxy) is 1. The number of hydrogen-bond acceptors (Lipinski definition) is 4. The summed E-state index contributed by atoms with van der Waals surface area (Å²) in [4.78, 5) is 16.3. The molecule has 1 atom stereocenters. The maximum Gasteiger partial charge on any atom is 0.341 e. The van der Waals surface area contributed by atoms with Gasteiger partial charge in [0.05, 0.1) is 12.6 Å². The van der Waals surface area contributed by atoms with Crippen LogP contribution >= 0.6 is 0 Å². The molecule has 0 aliphatic rings. The summed E-state index contributed by atoms with van der Waals surface area (Å²) in [5.41, 5.74) is 1.63. The van der Waals surface area contributed by atoms with Crippen LogP contribution in [0.25, 0.3) is 0 Å². The molecular formula is C17H20N2O2. The van der Waals surface area contributed by atoms with Gasteiger partial charge in [0, 0.05) is 6.20 Å². The van der Waals surface area contributed by atoms with E-state index in [0.717, 1.165) is 6.42 Å². The fraction of sp³-hybridized carbons (Fsp3) is 0.294. The van der Waals surface area contributed by atoms with Gasteiger partial charge < -0.3 is 10.1 Å². The van der Waals surface area contributed by atoms with Gasteiger partial charge in [-0.25, -0.2) is 9.78 Å². The van der Waals surface area contributed by atoms with E-state index in [4.69, 9.17) is 4.74 Å². The molecule has 1 aromatic carbocycles. The van der Waals surface area contributed by atoms with Gasteiger partial charge in [-0.2, -0.15) is 0 Å². The molecule has 0 fully saturated rings. The SMILES string of the molecule is CCOC(=O)c1cccnc1NC(CC)c1ccccc1. The molecular weight excluding hydrogens is 264 g/mol. The summed E-state index contributed by atoms with van der Waals surface area (Å²) >= 11 is 0. The highest BCUT2D eigenvalue weighted by atomic mass is 16.5. The highest BCUT2D eigenvalue weighted by Crippen LogP contribution is 2.23. The molecule has 21 heavy (non-hydrogen) atoms. The number of benzene rings is 1. The lowest BCUT2D eigenvalue weighted by Gasteiger charge is -2.19. The second-order valence-electron chi connectivity index (χ2n) is 4.64. The summed E-state index contributed by atoms with van der Waals surface area (Å²) in [5, 5.41) is 3.34. The van der Waals surface area contributed by atoms with Crippen molar-refractivity contribution in [1.29, 1.82) is 0 Å². The Hall–Kier alpha value is -2.36. The molecule has 2 rings (SSSR count). The van der Waals surface area contributed by atoms with Crippen LogP contribution in [0.4, 0.5) is 5.82 Å². The fourth-order valence-electron chi connectivity index (χ4n) is 2.17. The van der Waals surface area contributed by atoms with E-state index in [1.807, 2.05) is 18.2 Å². The molecule has 1 unspecified atom stereocenters. The lowest BCUT2D eigenvalue weighted by Crippen LogP contribution is -2.15. The first kappa shape index (κ1) is 15.0. The molecule has 0 saturated heterocycles. The van der Waals surface area contributed by atoms with Gasteiger partial charge in [0.1, 0.15) is 11.4 Å². The third-order valence-electron chi connectivity index (χ3n) is 3.22. The number of nitrogens with zero attached hydrogens (tertiary/aromatic N) is 1. The summed E-state index contributed by atoms with van der Waals surface area (Å²) in [6.07, 6.45) is 2.56. The number of rotatable bonds is 6. The van der Waals surface area contributed by atoms with E-state index in [1.165, 1.54) is 5.56 Å². The number of nitrogens with one attached hydrogen (secondary N) is 1. The first-order valence-electron chi connectivity index (χ1n) is 7.19. The van der Waals surface area contributed by atoms with Crippen LogP contribution in [0.1, 0.15) is 42.2 Å². The molecule has 4 heteroatoms. The van der Waals surface area contributed by atoms with Gasteiger partial charge in [0.2, 0.25) is 0 Å². The van der Waals surface area contributed by atoms with Crippen LogP contribution in [0, 0.1) is 0 Å². The number of pyridine rings is 1. The van der Waals surface area contributed by atoms with E-state index in [-0.39, 0.29) is 12.0 Å². The average molecular weight is 284 g/mol. The van der Waals surface area contributed by atoms with Crippen molar-refractivity contribution in [2.24, 2.45) is 0 Å². The van der Waals surface area contributed by atoms with Gasteiger partial charge in [-0.3, -0.25) is 0 Å². The number of anilines is 1. The van der Waals surface area contributed by atoms with Crippen LogP contribution in [0.15, 0.2) is 48.7 Å². The first-order valence-corrected chi connectivity index (χ1v) is 7.19. The van der Waals surface area contributed by atoms with Crippen LogP contribution in [0.3, 0.4) is 0 Å². The van der Waals surface area contributed by atoms with Crippen LogP contribution < -0.4 is 5.32 Å². The predicted molar refractivity (Wildman–Crippen MR) is 83.3 cm³/mol. The minimum atomic E-state index is -0.351. The average Bonchev–Trinajstić information content (AvgIpc) is 2.54. The van der Waals surface area contributed by atoms with Gasteiger partial charge >= 0.3 is 5.97 Å². The van der Waals surface area contributed by atoms with Gasteiger partial charge in [-0.15, -0.1) is 0 Å². The summed E-state index contributed by atoms with van der Waals surface area (Å²) in [5.74, 6) is 0.211. The Bertz CT molecular complexity index is 584. The van der Waals surface area contributed by atoms with Crippen LogP contribution in [0.5, 0.6) is 0 Å². The molecule has 4 nitrogen and oxygen atoms in total. The largest absolute Gasteiger partial charge is 0.462 e. The molecule has 0 aliphatic carbocycles. The lowest BCUT2D eigenvalue weighted by atomic mass is 10.0.